The molecule has 1 amide bonds. The molecule has 6 nitrogen and oxygen atoms in total. The number of esters is 2. The molecule has 0 spiro atoms. The normalized spacial score (nSPS) is 12.5. The standard InChI is InChI=1S/C29H39NO5/c1-28(2,3)34-25(31)17-16-24(27(33)30-19-18-26(32)35-29(4,5)6)20-21-12-14-23(15-13-21)22-10-8-7-9-11-22/h7-15,24H,16-20H2,1-6H3,(H,30,33). The van der Waals surface area contributed by atoms with Gasteiger partial charge in [-0.2, -0.15) is 0 Å². The highest BCUT2D eigenvalue weighted by Crippen LogP contribution is 2.22. The van der Waals surface area contributed by atoms with Crippen LogP contribution in [-0.2, 0) is 30.3 Å². The van der Waals surface area contributed by atoms with Gasteiger partial charge in [-0.05, 0) is 71.1 Å². The lowest BCUT2D eigenvalue weighted by molar-refractivity contribution is -0.155. The van der Waals surface area contributed by atoms with E-state index in [0.29, 0.717) is 12.8 Å². The van der Waals surface area contributed by atoms with Gasteiger partial charge in [-0.25, -0.2) is 0 Å². The lowest BCUT2D eigenvalue weighted by Gasteiger charge is -2.21. The third-order valence-electron chi connectivity index (χ3n) is 5.08. The number of hydrogen-bond acceptors (Lipinski definition) is 5. The fraction of sp³-hybridized carbons (Fsp3) is 0.483. The van der Waals surface area contributed by atoms with Crippen LogP contribution in [0.5, 0.6) is 0 Å². The summed E-state index contributed by atoms with van der Waals surface area (Å²) in [5.74, 6) is -1.31. The van der Waals surface area contributed by atoms with Gasteiger partial charge in [0, 0.05) is 18.9 Å². The van der Waals surface area contributed by atoms with Gasteiger partial charge in [0.15, 0.2) is 0 Å². The first-order valence-corrected chi connectivity index (χ1v) is 12.2. The summed E-state index contributed by atoms with van der Waals surface area (Å²) in [5.41, 5.74) is 2.08. The van der Waals surface area contributed by atoms with Crippen LogP contribution in [0, 0.1) is 5.92 Å². The van der Waals surface area contributed by atoms with E-state index in [-0.39, 0.29) is 37.2 Å². The van der Waals surface area contributed by atoms with E-state index in [0.717, 1.165) is 16.7 Å². The molecule has 35 heavy (non-hydrogen) atoms. The number of carbonyl (C=O) groups excluding carboxylic acids is 3. The average molecular weight is 482 g/mol. The third kappa shape index (κ3) is 11.2. The van der Waals surface area contributed by atoms with Crippen LogP contribution in [0.1, 0.15) is 66.4 Å². The largest absolute Gasteiger partial charge is 0.460 e. The number of amides is 1. The topological polar surface area (TPSA) is 81.7 Å². The molecule has 0 aliphatic heterocycles. The molecule has 1 unspecified atom stereocenters. The van der Waals surface area contributed by atoms with Crippen LogP contribution in [0.25, 0.3) is 11.1 Å². The maximum absolute atomic E-state index is 13.0. The van der Waals surface area contributed by atoms with Crippen molar-refractivity contribution < 1.29 is 23.9 Å². The van der Waals surface area contributed by atoms with Crippen LogP contribution in [0.15, 0.2) is 54.6 Å². The minimum absolute atomic E-state index is 0.0908. The molecule has 0 aliphatic rings. The molecule has 0 saturated carbocycles. The summed E-state index contributed by atoms with van der Waals surface area (Å²) in [6, 6.07) is 18.2. The number of carbonyl (C=O) groups is 3. The zero-order valence-corrected chi connectivity index (χ0v) is 21.9. The zero-order valence-electron chi connectivity index (χ0n) is 21.9. The summed E-state index contributed by atoms with van der Waals surface area (Å²) >= 11 is 0. The summed E-state index contributed by atoms with van der Waals surface area (Å²) in [5, 5.41) is 2.84. The molecule has 1 atom stereocenters. The molecular weight excluding hydrogens is 442 g/mol. The molecular formula is C29H39NO5. The molecule has 0 heterocycles. The fourth-order valence-electron chi connectivity index (χ4n) is 3.58. The van der Waals surface area contributed by atoms with Crippen molar-refractivity contribution in [2.75, 3.05) is 6.54 Å². The van der Waals surface area contributed by atoms with E-state index < -0.39 is 17.1 Å². The van der Waals surface area contributed by atoms with Crippen LogP contribution >= 0.6 is 0 Å². The molecule has 2 rings (SSSR count). The Hall–Kier alpha value is -3.15. The van der Waals surface area contributed by atoms with Gasteiger partial charge in [0.05, 0.1) is 6.42 Å². The Bertz CT molecular complexity index is 969. The second kappa shape index (κ2) is 12.5. The van der Waals surface area contributed by atoms with Gasteiger partial charge < -0.3 is 14.8 Å². The summed E-state index contributed by atoms with van der Waals surface area (Å²) in [4.78, 5) is 37.2. The van der Waals surface area contributed by atoms with Gasteiger partial charge >= 0.3 is 11.9 Å². The van der Waals surface area contributed by atoms with Gasteiger partial charge in [-0.15, -0.1) is 0 Å². The van der Waals surface area contributed by atoms with Crippen molar-refractivity contribution in [2.24, 2.45) is 5.92 Å². The molecule has 0 radical (unpaired) electrons. The number of hydrogen-bond donors (Lipinski definition) is 1. The van der Waals surface area contributed by atoms with Gasteiger partial charge in [-0.3, -0.25) is 14.4 Å². The van der Waals surface area contributed by atoms with Gasteiger partial charge in [-0.1, -0.05) is 54.6 Å². The Labute approximate surface area is 209 Å². The Morgan fingerprint density at radius 3 is 1.80 bits per heavy atom. The van der Waals surface area contributed by atoms with Crippen LogP contribution in [0.2, 0.25) is 0 Å². The predicted molar refractivity (Wildman–Crippen MR) is 138 cm³/mol. The van der Waals surface area contributed by atoms with Crippen molar-refractivity contribution in [3.8, 4) is 11.1 Å². The maximum Gasteiger partial charge on any atom is 0.308 e. The molecule has 0 bridgehead atoms. The molecule has 2 aromatic carbocycles. The van der Waals surface area contributed by atoms with E-state index in [4.69, 9.17) is 9.47 Å². The van der Waals surface area contributed by atoms with E-state index >= 15 is 0 Å². The minimum atomic E-state index is -0.574. The number of rotatable bonds is 10. The summed E-state index contributed by atoms with van der Waals surface area (Å²) in [7, 11) is 0. The molecule has 190 valence electrons. The number of nitrogens with one attached hydrogen (secondary N) is 1. The lowest BCUT2D eigenvalue weighted by Crippen LogP contribution is -2.35. The monoisotopic (exact) mass is 481 g/mol. The highest BCUT2D eigenvalue weighted by molar-refractivity contribution is 5.80. The van der Waals surface area contributed by atoms with Crippen LogP contribution in [-0.4, -0.2) is 35.6 Å². The first kappa shape index (κ1) is 28.1. The second-order valence-corrected chi connectivity index (χ2v) is 10.7. The van der Waals surface area contributed by atoms with E-state index in [9.17, 15) is 14.4 Å². The van der Waals surface area contributed by atoms with Crippen molar-refractivity contribution in [1.29, 1.82) is 0 Å². The molecule has 0 aliphatic carbocycles. The first-order chi connectivity index (χ1) is 16.3. The van der Waals surface area contributed by atoms with Crippen LogP contribution < -0.4 is 5.32 Å². The summed E-state index contributed by atoms with van der Waals surface area (Å²) in [6.45, 7) is 11.1. The molecule has 0 fully saturated rings. The van der Waals surface area contributed by atoms with Gasteiger partial charge in [0.1, 0.15) is 11.2 Å². The third-order valence-corrected chi connectivity index (χ3v) is 5.08. The molecule has 0 aromatic heterocycles. The lowest BCUT2D eigenvalue weighted by atomic mass is 9.92. The first-order valence-electron chi connectivity index (χ1n) is 12.2. The van der Waals surface area contributed by atoms with E-state index in [1.165, 1.54) is 0 Å². The minimum Gasteiger partial charge on any atom is -0.460 e. The average Bonchev–Trinajstić information content (AvgIpc) is 2.75. The summed E-state index contributed by atoms with van der Waals surface area (Å²) < 4.78 is 10.7. The van der Waals surface area contributed by atoms with Gasteiger partial charge in [0.25, 0.3) is 0 Å². The van der Waals surface area contributed by atoms with Crippen LogP contribution in [0.4, 0.5) is 0 Å². The molecule has 1 N–H and O–H groups in total. The van der Waals surface area contributed by atoms with Crippen LogP contribution in [0.3, 0.4) is 0 Å². The zero-order chi connectivity index (χ0) is 26.1. The Balaban J connectivity index is 2.03. The maximum atomic E-state index is 13.0. The summed E-state index contributed by atoms with van der Waals surface area (Å²) in [6.07, 6.45) is 1.07. The highest BCUT2D eigenvalue weighted by atomic mass is 16.6. The fourth-order valence-corrected chi connectivity index (χ4v) is 3.58. The van der Waals surface area contributed by atoms with Crippen molar-refractivity contribution in [3.05, 3.63) is 60.2 Å². The second-order valence-electron chi connectivity index (χ2n) is 10.7. The van der Waals surface area contributed by atoms with Crippen molar-refractivity contribution in [1.82, 2.24) is 5.32 Å². The van der Waals surface area contributed by atoms with Crippen molar-refractivity contribution >= 4 is 17.8 Å². The number of ether oxygens (including phenoxy) is 2. The molecule has 0 saturated heterocycles. The molecule has 2 aromatic rings. The SMILES string of the molecule is CC(C)(C)OC(=O)CCNC(=O)C(CCC(=O)OC(C)(C)C)Cc1ccc(-c2ccccc2)cc1. The Kier molecular flexibility index (Phi) is 10.1. The van der Waals surface area contributed by atoms with E-state index in [1.54, 1.807) is 20.8 Å². The predicted octanol–water partition coefficient (Wildman–Crippen LogP) is 5.48. The highest BCUT2D eigenvalue weighted by Gasteiger charge is 2.23. The molecule has 6 heteroatoms. The smallest absolute Gasteiger partial charge is 0.308 e. The van der Waals surface area contributed by atoms with E-state index in [1.807, 2.05) is 63.2 Å². The van der Waals surface area contributed by atoms with E-state index in [2.05, 4.69) is 17.4 Å². The van der Waals surface area contributed by atoms with Gasteiger partial charge in [0.2, 0.25) is 5.91 Å². The van der Waals surface area contributed by atoms with Crippen molar-refractivity contribution in [2.45, 2.75) is 78.4 Å². The number of benzene rings is 2. The quantitative estimate of drug-likeness (QED) is 0.454. The Morgan fingerprint density at radius 1 is 0.743 bits per heavy atom. The van der Waals surface area contributed by atoms with Crippen molar-refractivity contribution in [3.63, 3.8) is 0 Å². The Morgan fingerprint density at radius 2 is 1.26 bits per heavy atom.